The first-order valence-corrected chi connectivity index (χ1v) is 5.94. The van der Waals surface area contributed by atoms with Crippen LogP contribution in [0.3, 0.4) is 0 Å². The number of rotatable bonds is 3. The van der Waals surface area contributed by atoms with Crippen molar-refractivity contribution < 1.29 is 25.6 Å². The number of hydrogen-bond acceptors (Lipinski definition) is 5. The van der Waals surface area contributed by atoms with Crippen molar-refractivity contribution in [3.63, 3.8) is 0 Å². The lowest BCUT2D eigenvalue weighted by atomic mass is 10.5. The van der Waals surface area contributed by atoms with Gasteiger partial charge in [-0.1, -0.05) is 0 Å². The lowest BCUT2D eigenvalue weighted by Gasteiger charge is -2.03. The van der Waals surface area contributed by atoms with Gasteiger partial charge in [0.05, 0.1) is 6.10 Å². The van der Waals surface area contributed by atoms with Gasteiger partial charge in [0.1, 0.15) is 0 Å². The van der Waals surface area contributed by atoms with E-state index >= 15 is 0 Å². The van der Waals surface area contributed by atoms with E-state index in [1.54, 1.807) is 0 Å². The van der Waals surface area contributed by atoms with Crippen molar-refractivity contribution in [1.82, 2.24) is 0 Å². The Balaban J connectivity index is 4.81. The summed E-state index contributed by atoms with van der Waals surface area (Å²) in [4.78, 5) is 0. The molecule has 0 spiro atoms. The van der Waals surface area contributed by atoms with Gasteiger partial charge in [0.25, 0.3) is 0 Å². The summed E-state index contributed by atoms with van der Waals surface area (Å²) in [5, 5.41) is 0. The Labute approximate surface area is 64.4 Å². The zero-order valence-corrected chi connectivity index (χ0v) is 7.52. The van der Waals surface area contributed by atoms with E-state index in [2.05, 4.69) is 4.18 Å². The Kier molecular flexibility index (Phi) is 3.00. The molecule has 11 heavy (non-hydrogen) atoms. The summed E-state index contributed by atoms with van der Waals surface area (Å²) in [6, 6.07) is 0. The molecule has 0 unspecified atom stereocenters. The van der Waals surface area contributed by atoms with Crippen molar-refractivity contribution >= 4 is 18.3 Å². The first kappa shape index (κ1) is 10.8. The van der Waals surface area contributed by atoms with Gasteiger partial charge >= 0.3 is 18.3 Å². The minimum absolute atomic E-state index is 0.818. The van der Waals surface area contributed by atoms with Crippen LogP contribution in [0.5, 0.6) is 0 Å². The summed E-state index contributed by atoms with van der Waals surface area (Å²) < 4.78 is 52.9. The van der Waals surface area contributed by atoms with Crippen LogP contribution in [0, 0.1) is 0 Å². The molecule has 0 heterocycles. The third-order valence-corrected chi connectivity index (χ3v) is 3.49. The molecule has 0 saturated carbocycles. The molecule has 0 radical (unpaired) electrons. The third-order valence-electron chi connectivity index (χ3n) is 0.568. The van der Waals surface area contributed by atoms with Crippen LogP contribution in [0.1, 0.15) is 13.8 Å². The first-order valence-electron chi connectivity index (χ1n) is 2.57. The molecule has 0 aliphatic carbocycles. The fourth-order valence-electron chi connectivity index (χ4n) is 0.285. The van der Waals surface area contributed by atoms with Crippen LogP contribution in [-0.4, -0.2) is 27.5 Å². The van der Waals surface area contributed by atoms with Crippen molar-refractivity contribution in [3.8, 4) is 0 Å². The minimum atomic E-state index is -5.15. The topological polar surface area (TPSA) is 97.7 Å². The standard InChI is InChI=1S/C3H8O6S2/c1-3(2)9-11(7,8)10(4,5)6/h3H,1-2H3,(H,4,5,6). The minimum Gasteiger partial charge on any atom is -0.272 e. The van der Waals surface area contributed by atoms with Gasteiger partial charge < -0.3 is 0 Å². The highest BCUT2D eigenvalue weighted by molar-refractivity contribution is 8.63. The van der Waals surface area contributed by atoms with Crippen molar-refractivity contribution in [2.45, 2.75) is 20.0 Å². The zero-order chi connectivity index (χ0) is 9.28. The Bertz CT molecular complexity index is 308. The molecule has 0 aliphatic rings. The van der Waals surface area contributed by atoms with Gasteiger partial charge in [-0.25, -0.2) is 0 Å². The smallest absolute Gasteiger partial charge is 0.272 e. The monoisotopic (exact) mass is 204 g/mol. The molecular formula is C3H8O6S2. The molecule has 0 bridgehead atoms. The lowest BCUT2D eigenvalue weighted by Crippen LogP contribution is -2.20. The highest BCUT2D eigenvalue weighted by Crippen LogP contribution is 2.05. The van der Waals surface area contributed by atoms with Gasteiger partial charge in [-0.3, -0.25) is 8.74 Å². The second-order valence-electron chi connectivity index (χ2n) is 1.98. The summed E-state index contributed by atoms with van der Waals surface area (Å²) in [5.41, 5.74) is 0. The van der Waals surface area contributed by atoms with Gasteiger partial charge in [0, 0.05) is 0 Å². The molecule has 0 amide bonds. The molecular weight excluding hydrogens is 196 g/mol. The largest absolute Gasteiger partial charge is 0.400 e. The van der Waals surface area contributed by atoms with E-state index in [-0.39, 0.29) is 0 Å². The zero-order valence-electron chi connectivity index (χ0n) is 5.88. The van der Waals surface area contributed by atoms with Crippen molar-refractivity contribution in [1.29, 1.82) is 0 Å². The number of hydrogen-bond donors (Lipinski definition) is 1. The predicted molar refractivity (Wildman–Crippen MR) is 36.7 cm³/mol. The molecule has 8 heteroatoms. The maximum atomic E-state index is 10.4. The SMILES string of the molecule is CC(C)OS(=O)(=O)S(=O)(=O)O. The quantitative estimate of drug-likeness (QED) is 0.493. The van der Waals surface area contributed by atoms with Gasteiger partial charge in [-0.2, -0.15) is 16.8 Å². The molecule has 0 aromatic carbocycles. The van der Waals surface area contributed by atoms with Crippen LogP contribution in [-0.2, 0) is 22.5 Å². The van der Waals surface area contributed by atoms with Crippen LogP contribution >= 0.6 is 0 Å². The fraction of sp³-hybridized carbons (Fsp3) is 1.00. The van der Waals surface area contributed by atoms with E-state index in [0.29, 0.717) is 0 Å². The summed E-state index contributed by atoms with van der Waals surface area (Å²) in [6.45, 7) is 2.64. The van der Waals surface area contributed by atoms with Crippen LogP contribution in [0.2, 0.25) is 0 Å². The second kappa shape index (κ2) is 3.05. The predicted octanol–water partition coefficient (Wildman–Crippen LogP) is -0.456. The molecule has 0 aromatic rings. The van der Waals surface area contributed by atoms with Crippen molar-refractivity contribution in [3.05, 3.63) is 0 Å². The Morgan fingerprint density at radius 2 is 1.55 bits per heavy atom. The normalized spacial score (nSPS) is 13.8. The van der Waals surface area contributed by atoms with Crippen molar-refractivity contribution in [2.24, 2.45) is 0 Å². The van der Waals surface area contributed by atoms with E-state index in [1.165, 1.54) is 13.8 Å². The van der Waals surface area contributed by atoms with E-state index in [9.17, 15) is 16.8 Å². The van der Waals surface area contributed by atoms with Gasteiger partial charge in [0.2, 0.25) is 0 Å². The molecule has 0 atom stereocenters. The Morgan fingerprint density at radius 3 is 1.64 bits per heavy atom. The highest BCUT2D eigenvalue weighted by Gasteiger charge is 2.29. The van der Waals surface area contributed by atoms with Crippen LogP contribution in [0.25, 0.3) is 0 Å². The molecule has 0 aromatic heterocycles. The summed E-state index contributed by atoms with van der Waals surface area (Å²) in [7, 11) is -10.0. The third kappa shape index (κ3) is 3.14. The van der Waals surface area contributed by atoms with Crippen LogP contribution in [0.4, 0.5) is 0 Å². The van der Waals surface area contributed by atoms with Gasteiger partial charge in [-0.05, 0) is 13.8 Å². The molecule has 0 fully saturated rings. The summed E-state index contributed by atoms with van der Waals surface area (Å²) in [5.74, 6) is 0. The van der Waals surface area contributed by atoms with Crippen molar-refractivity contribution in [2.75, 3.05) is 0 Å². The average Bonchev–Trinajstić information content (AvgIpc) is 1.56. The van der Waals surface area contributed by atoms with E-state index in [0.717, 1.165) is 0 Å². The molecule has 0 aliphatic heterocycles. The fourth-order valence-corrected chi connectivity index (χ4v) is 1.63. The first-order chi connectivity index (χ1) is 4.67. The average molecular weight is 204 g/mol. The summed E-state index contributed by atoms with van der Waals surface area (Å²) >= 11 is 0. The molecule has 6 nitrogen and oxygen atoms in total. The molecule has 68 valence electrons. The maximum absolute atomic E-state index is 10.4. The van der Waals surface area contributed by atoms with E-state index in [4.69, 9.17) is 4.55 Å². The lowest BCUT2D eigenvalue weighted by molar-refractivity contribution is 0.254. The van der Waals surface area contributed by atoms with E-state index in [1.807, 2.05) is 0 Å². The molecule has 0 rings (SSSR count). The molecule has 1 N–H and O–H groups in total. The Morgan fingerprint density at radius 1 is 1.18 bits per heavy atom. The Hall–Kier alpha value is -0.180. The maximum Gasteiger partial charge on any atom is 0.400 e. The second-order valence-corrected chi connectivity index (χ2v) is 6.33. The van der Waals surface area contributed by atoms with E-state index < -0.39 is 24.4 Å². The van der Waals surface area contributed by atoms with Crippen LogP contribution in [0.15, 0.2) is 0 Å². The van der Waals surface area contributed by atoms with Gasteiger partial charge in [-0.15, -0.1) is 0 Å². The highest BCUT2D eigenvalue weighted by atomic mass is 33.2. The van der Waals surface area contributed by atoms with Crippen LogP contribution < -0.4 is 0 Å². The molecule has 0 saturated heterocycles. The van der Waals surface area contributed by atoms with Gasteiger partial charge in [0.15, 0.2) is 0 Å². The summed E-state index contributed by atoms with van der Waals surface area (Å²) in [6.07, 6.45) is -0.818.